The van der Waals surface area contributed by atoms with E-state index < -0.39 is 5.60 Å². The monoisotopic (exact) mass is 395 g/mol. The van der Waals surface area contributed by atoms with Crippen molar-refractivity contribution in [1.82, 2.24) is 9.78 Å². The standard InChI is InChI=1S/C25H37N3O/c1-16(28-15-17(13-26)14-27-28)22-6-7-23-21-5-4-18-12-24(2,29)10-8-19(18)20(21)9-11-25(22,23)3/h14-16,18-23,29H,4-12H2,1-3H3/t16?,18-,19+,20-,21-,22-,23+,24-,25-/m1/s1. The van der Waals surface area contributed by atoms with E-state index in [2.05, 4.69) is 36.6 Å². The van der Waals surface area contributed by atoms with Gasteiger partial charge in [-0.1, -0.05) is 6.92 Å². The molecule has 1 N–H and O–H groups in total. The van der Waals surface area contributed by atoms with Gasteiger partial charge in [0, 0.05) is 6.20 Å². The Labute approximate surface area is 175 Å². The molecule has 0 saturated heterocycles. The Kier molecular flexibility index (Phi) is 4.63. The Morgan fingerprint density at radius 1 is 1.10 bits per heavy atom. The van der Waals surface area contributed by atoms with Crippen LogP contribution >= 0.6 is 0 Å². The number of nitrogens with zero attached hydrogens (tertiary/aromatic N) is 3. The van der Waals surface area contributed by atoms with E-state index in [1.165, 1.54) is 44.9 Å². The van der Waals surface area contributed by atoms with Crippen molar-refractivity contribution in [1.29, 1.82) is 5.26 Å². The van der Waals surface area contributed by atoms with Gasteiger partial charge in [-0.3, -0.25) is 4.68 Å². The van der Waals surface area contributed by atoms with Crippen LogP contribution < -0.4 is 0 Å². The summed E-state index contributed by atoms with van der Waals surface area (Å²) in [7, 11) is 0. The highest BCUT2D eigenvalue weighted by Crippen LogP contribution is 2.66. The Bertz CT molecular complexity index is 807. The Morgan fingerprint density at radius 3 is 2.66 bits per heavy atom. The summed E-state index contributed by atoms with van der Waals surface area (Å²) in [5.74, 6) is 4.91. The molecule has 4 fully saturated rings. The van der Waals surface area contributed by atoms with Crippen LogP contribution in [0.4, 0.5) is 0 Å². The van der Waals surface area contributed by atoms with Crippen LogP contribution in [-0.2, 0) is 0 Å². The van der Waals surface area contributed by atoms with Crippen molar-refractivity contribution >= 4 is 0 Å². The number of fused-ring (bicyclic) bond motifs is 5. The van der Waals surface area contributed by atoms with Crippen LogP contribution in [0.5, 0.6) is 0 Å². The lowest BCUT2D eigenvalue weighted by molar-refractivity contribution is -0.102. The highest BCUT2D eigenvalue weighted by Gasteiger charge is 2.58. The third-order valence-electron chi connectivity index (χ3n) is 10.0. The second kappa shape index (κ2) is 6.84. The highest BCUT2D eigenvalue weighted by atomic mass is 16.3. The van der Waals surface area contributed by atoms with Crippen LogP contribution in [0.25, 0.3) is 0 Å². The van der Waals surface area contributed by atoms with Crippen LogP contribution in [0, 0.1) is 52.3 Å². The first kappa shape index (κ1) is 19.6. The summed E-state index contributed by atoms with van der Waals surface area (Å²) in [5.41, 5.74) is 0.662. The number of nitriles is 1. The average molecular weight is 396 g/mol. The zero-order chi connectivity index (χ0) is 20.4. The van der Waals surface area contributed by atoms with Crippen LogP contribution in [0.3, 0.4) is 0 Å². The van der Waals surface area contributed by atoms with Gasteiger partial charge in [-0.2, -0.15) is 10.4 Å². The molecule has 9 atom stereocenters. The number of aliphatic hydroxyl groups is 1. The van der Waals surface area contributed by atoms with E-state index in [1.54, 1.807) is 6.20 Å². The fraction of sp³-hybridized carbons (Fsp3) is 0.840. The summed E-state index contributed by atoms with van der Waals surface area (Å²) < 4.78 is 2.06. The lowest BCUT2D eigenvalue weighted by atomic mass is 9.49. The first-order chi connectivity index (χ1) is 13.8. The van der Waals surface area contributed by atoms with Gasteiger partial charge in [0.05, 0.1) is 23.4 Å². The number of hydrogen-bond donors (Lipinski definition) is 1. The summed E-state index contributed by atoms with van der Waals surface area (Å²) in [6.45, 7) is 6.95. The van der Waals surface area contributed by atoms with Gasteiger partial charge >= 0.3 is 0 Å². The summed E-state index contributed by atoms with van der Waals surface area (Å²) in [6, 6.07) is 2.59. The fourth-order valence-corrected chi connectivity index (χ4v) is 8.72. The normalized spacial score (nSPS) is 47.6. The molecule has 4 aliphatic rings. The lowest BCUT2D eigenvalue weighted by Crippen LogP contribution is -2.50. The van der Waals surface area contributed by atoms with Gasteiger partial charge in [0.2, 0.25) is 0 Å². The molecule has 5 rings (SSSR count). The largest absolute Gasteiger partial charge is 0.390 e. The highest BCUT2D eigenvalue weighted by molar-refractivity contribution is 5.22. The maximum absolute atomic E-state index is 10.6. The molecule has 0 aromatic carbocycles. The molecule has 1 heterocycles. The molecule has 0 radical (unpaired) electrons. The van der Waals surface area contributed by atoms with E-state index in [0.29, 0.717) is 22.9 Å². The number of rotatable bonds is 2. The second-order valence-electron chi connectivity index (χ2n) is 11.5. The van der Waals surface area contributed by atoms with Gasteiger partial charge in [0.1, 0.15) is 6.07 Å². The molecule has 0 bridgehead atoms. The number of hydrogen-bond acceptors (Lipinski definition) is 3. The minimum atomic E-state index is -0.420. The summed E-state index contributed by atoms with van der Waals surface area (Å²) in [4.78, 5) is 0. The van der Waals surface area contributed by atoms with Crippen molar-refractivity contribution in [3.05, 3.63) is 18.0 Å². The maximum Gasteiger partial charge on any atom is 0.102 e. The molecule has 4 saturated carbocycles. The fourth-order valence-electron chi connectivity index (χ4n) is 8.72. The van der Waals surface area contributed by atoms with Gasteiger partial charge in [-0.25, -0.2) is 0 Å². The second-order valence-corrected chi connectivity index (χ2v) is 11.5. The van der Waals surface area contributed by atoms with Gasteiger partial charge in [-0.15, -0.1) is 0 Å². The SMILES string of the molecule is CC([C@H]1CC[C@H]2[C@@H]3CC[C@@H]4C[C@](C)(O)CC[C@@H]4[C@H]3CC[C@]12C)n1cc(C#N)cn1. The third kappa shape index (κ3) is 3.07. The quantitative estimate of drug-likeness (QED) is 0.735. The van der Waals surface area contributed by atoms with Crippen LogP contribution in [-0.4, -0.2) is 20.5 Å². The van der Waals surface area contributed by atoms with E-state index in [1.807, 2.05) is 6.20 Å². The molecule has 1 aromatic heterocycles. The predicted molar refractivity (Wildman–Crippen MR) is 113 cm³/mol. The van der Waals surface area contributed by atoms with Crippen molar-refractivity contribution < 1.29 is 5.11 Å². The van der Waals surface area contributed by atoms with Crippen LogP contribution in [0.2, 0.25) is 0 Å². The van der Waals surface area contributed by atoms with E-state index >= 15 is 0 Å². The Hall–Kier alpha value is -1.34. The van der Waals surface area contributed by atoms with Crippen molar-refractivity contribution in [3.8, 4) is 6.07 Å². The smallest absolute Gasteiger partial charge is 0.102 e. The molecule has 158 valence electrons. The summed E-state index contributed by atoms with van der Waals surface area (Å²) in [5, 5.41) is 24.3. The molecule has 0 aliphatic heterocycles. The molecular formula is C25H37N3O. The lowest BCUT2D eigenvalue weighted by Gasteiger charge is -2.57. The van der Waals surface area contributed by atoms with Crippen molar-refractivity contribution in [2.24, 2.45) is 40.9 Å². The van der Waals surface area contributed by atoms with E-state index in [9.17, 15) is 10.4 Å². The molecule has 1 aromatic rings. The average Bonchev–Trinajstić information content (AvgIpc) is 3.30. The molecule has 29 heavy (non-hydrogen) atoms. The van der Waals surface area contributed by atoms with Gasteiger partial charge in [0.25, 0.3) is 0 Å². The van der Waals surface area contributed by atoms with Crippen LogP contribution in [0.15, 0.2) is 12.4 Å². The Morgan fingerprint density at radius 2 is 1.90 bits per heavy atom. The zero-order valence-corrected chi connectivity index (χ0v) is 18.3. The van der Waals surface area contributed by atoms with Crippen molar-refractivity contribution in [2.75, 3.05) is 0 Å². The van der Waals surface area contributed by atoms with Gasteiger partial charge in [-0.05, 0) is 113 Å². The first-order valence-corrected chi connectivity index (χ1v) is 12.0. The van der Waals surface area contributed by atoms with Crippen LogP contribution in [0.1, 0.15) is 90.2 Å². The topological polar surface area (TPSA) is 61.8 Å². The van der Waals surface area contributed by atoms with E-state index in [0.717, 1.165) is 42.4 Å². The Balaban J connectivity index is 1.35. The first-order valence-electron chi connectivity index (χ1n) is 12.0. The van der Waals surface area contributed by atoms with E-state index in [4.69, 9.17) is 0 Å². The maximum atomic E-state index is 10.6. The minimum Gasteiger partial charge on any atom is -0.390 e. The third-order valence-corrected chi connectivity index (χ3v) is 10.0. The molecule has 4 aliphatic carbocycles. The molecular weight excluding hydrogens is 358 g/mol. The van der Waals surface area contributed by atoms with E-state index in [-0.39, 0.29) is 0 Å². The molecule has 4 heteroatoms. The van der Waals surface area contributed by atoms with Crippen molar-refractivity contribution in [3.63, 3.8) is 0 Å². The molecule has 0 spiro atoms. The van der Waals surface area contributed by atoms with Gasteiger partial charge in [0.15, 0.2) is 0 Å². The van der Waals surface area contributed by atoms with Gasteiger partial charge < -0.3 is 5.11 Å². The zero-order valence-electron chi connectivity index (χ0n) is 18.3. The number of aromatic nitrogens is 2. The molecule has 4 nitrogen and oxygen atoms in total. The van der Waals surface area contributed by atoms with Crippen molar-refractivity contribution in [2.45, 2.75) is 90.2 Å². The molecule has 1 unspecified atom stereocenters. The predicted octanol–water partition coefficient (Wildman–Crippen LogP) is 5.34. The molecule has 0 amide bonds. The minimum absolute atomic E-state index is 0.366. The summed E-state index contributed by atoms with van der Waals surface area (Å²) >= 11 is 0. The summed E-state index contributed by atoms with van der Waals surface area (Å²) in [6.07, 6.45) is 15.0.